The molecule has 0 aliphatic rings. The van der Waals surface area contributed by atoms with Crippen LogP contribution in [0, 0.1) is 5.92 Å². The molecule has 4 aromatic rings. The number of halogens is 3. The molecule has 3 aromatic heterocycles. The fourth-order valence-electron chi connectivity index (χ4n) is 3.77. The van der Waals surface area contributed by atoms with Crippen LogP contribution in [0.15, 0.2) is 48.6 Å². The first-order valence-electron chi connectivity index (χ1n) is 10.3. The third kappa shape index (κ3) is 4.45. The van der Waals surface area contributed by atoms with E-state index in [1.165, 1.54) is 35.3 Å². The van der Waals surface area contributed by atoms with Crippen molar-refractivity contribution in [1.29, 1.82) is 0 Å². The predicted octanol–water partition coefficient (Wildman–Crippen LogP) is 3.71. The van der Waals surface area contributed by atoms with Crippen molar-refractivity contribution in [2.45, 2.75) is 42.2 Å². The molecule has 0 aliphatic carbocycles. The molecular formula is C21H19F3N4O4S3. The maximum atomic E-state index is 13.7. The fourth-order valence-corrected chi connectivity index (χ4v) is 7.82. The summed E-state index contributed by atoms with van der Waals surface area (Å²) < 4.78 is 69.9. The molecule has 0 bridgehead atoms. The van der Waals surface area contributed by atoms with Crippen molar-refractivity contribution in [2.75, 3.05) is 0 Å². The van der Waals surface area contributed by atoms with Gasteiger partial charge in [0.1, 0.15) is 15.2 Å². The van der Waals surface area contributed by atoms with Crippen molar-refractivity contribution < 1.29 is 21.6 Å². The van der Waals surface area contributed by atoms with Crippen LogP contribution in [0.5, 0.6) is 0 Å². The Balaban J connectivity index is 2.12. The second-order valence-corrected chi connectivity index (χ2v) is 12.2. The standard InChI is InChI=1S/C21H19F3N4O4S3/c1-11(2)9-28-18-15(17(29)27(3)20(28)30)16(35(31,32)19-26-25-10-33-19)14(34-18)8-12-6-4-5-7-13(12)21(22,23)24/h4-7,10-11H,8-9H2,1-3H3. The first kappa shape index (κ1) is 25.3. The van der Waals surface area contributed by atoms with Crippen LogP contribution >= 0.6 is 22.7 Å². The molecule has 0 fully saturated rings. The first-order chi connectivity index (χ1) is 16.3. The van der Waals surface area contributed by atoms with Gasteiger partial charge >= 0.3 is 11.9 Å². The van der Waals surface area contributed by atoms with Crippen molar-refractivity contribution in [2.24, 2.45) is 13.0 Å². The summed E-state index contributed by atoms with van der Waals surface area (Å²) in [5.41, 5.74) is -1.36. The molecule has 0 unspecified atom stereocenters. The van der Waals surface area contributed by atoms with E-state index < -0.39 is 48.5 Å². The lowest BCUT2D eigenvalue weighted by molar-refractivity contribution is -0.138. The lowest BCUT2D eigenvalue weighted by atomic mass is 10.0. The van der Waals surface area contributed by atoms with Crippen LogP contribution in [-0.4, -0.2) is 27.7 Å². The van der Waals surface area contributed by atoms with E-state index >= 15 is 0 Å². The Morgan fingerprint density at radius 1 is 1.14 bits per heavy atom. The summed E-state index contributed by atoms with van der Waals surface area (Å²) in [5.74, 6) is -0.0341. The van der Waals surface area contributed by atoms with Crippen LogP contribution in [0.2, 0.25) is 0 Å². The number of rotatable bonds is 6. The highest BCUT2D eigenvalue weighted by Gasteiger charge is 2.36. The second-order valence-electron chi connectivity index (χ2n) is 8.23. The highest BCUT2D eigenvalue weighted by molar-refractivity contribution is 7.93. The normalized spacial score (nSPS) is 12.7. The van der Waals surface area contributed by atoms with E-state index in [1.54, 1.807) is 0 Å². The largest absolute Gasteiger partial charge is 0.416 e. The summed E-state index contributed by atoms with van der Waals surface area (Å²) in [6.45, 7) is 3.87. The zero-order valence-electron chi connectivity index (χ0n) is 18.7. The van der Waals surface area contributed by atoms with E-state index in [0.29, 0.717) is 0 Å². The van der Waals surface area contributed by atoms with Gasteiger partial charge in [-0.1, -0.05) is 43.4 Å². The summed E-state index contributed by atoms with van der Waals surface area (Å²) in [4.78, 5) is 25.7. The second kappa shape index (κ2) is 8.99. The number of sulfone groups is 1. The molecule has 8 nitrogen and oxygen atoms in total. The maximum absolute atomic E-state index is 13.7. The van der Waals surface area contributed by atoms with E-state index in [2.05, 4.69) is 10.2 Å². The third-order valence-electron chi connectivity index (χ3n) is 5.26. The Kier molecular flexibility index (Phi) is 6.49. The predicted molar refractivity (Wildman–Crippen MR) is 126 cm³/mol. The number of aromatic nitrogens is 4. The zero-order chi connectivity index (χ0) is 25.7. The van der Waals surface area contributed by atoms with Gasteiger partial charge < -0.3 is 0 Å². The molecule has 3 heterocycles. The average Bonchev–Trinajstić information content (AvgIpc) is 3.44. The van der Waals surface area contributed by atoms with E-state index in [9.17, 15) is 31.2 Å². The smallest absolute Gasteiger partial charge is 0.284 e. The van der Waals surface area contributed by atoms with E-state index in [-0.39, 0.29) is 33.1 Å². The van der Waals surface area contributed by atoms with Crippen LogP contribution in [0.25, 0.3) is 10.2 Å². The van der Waals surface area contributed by atoms with Gasteiger partial charge in [-0.2, -0.15) is 13.2 Å². The van der Waals surface area contributed by atoms with Gasteiger partial charge in [-0.3, -0.25) is 13.9 Å². The Hall–Kier alpha value is -2.84. The molecule has 0 atom stereocenters. The number of thiophene rings is 1. The molecule has 35 heavy (non-hydrogen) atoms. The van der Waals surface area contributed by atoms with Gasteiger partial charge in [0, 0.05) is 24.9 Å². The number of fused-ring (bicyclic) bond motifs is 1. The molecule has 0 saturated heterocycles. The Bertz CT molecular complexity index is 1630. The molecule has 14 heteroatoms. The van der Waals surface area contributed by atoms with Gasteiger partial charge in [0.2, 0.25) is 14.2 Å². The Morgan fingerprint density at radius 2 is 1.83 bits per heavy atom. The number of hydrogen-bond donors (Lipinski definition) is 0. The minimum atomic E-state index is -4.67. The van der Waals surface area contributed by atoms with Crippen LogP contribution < -0.4 is 11.2 Å². The topological polar surface area (TPSA) is 104 Å². The van der Waals surface area contributed by atoms with Gasteiger partial charge in [-0.25, -0.2) is 13.2 Å². The fraction of sp³-hybridized carbons (Fsp3) is 0.333. The Labute approximate surface area is 205 Å². The highest BCUT2D eigenvalue weighted by atomic mass is 32.2. The van der Waals surface area contributed by atoms with Crippen LogP contribution in [0.3, 0.4) is 0 Å². The number of benzene rings is 1. The molecule has 0 aliphatic heterocycles. The molecule has 0 saturated carbocycles. The molecular weight excluding hydrogens is 525 g/mol. The maximum Gasteiger partial charge on any atom is 0.416 e. The minimum Gasteiger partial charge on any atom is -0.284 e. The summed E-state index contributed by atoms with van der Waals surface area (Å²) in [7, 11) is -3.20. The van der Waals surface area contributed by atoms with Crippen LogP contribution in [0.1, 0.15) is 29.9 Å². The monoisotopic (exact) mass is 544 g/mol. The van der Waals surface area contributed by atoms with E-state index in [1.807, 2.05) is 13.8 Å². The molecule has 186 valence electrons. The molecule has 0 radical (unpaired) electrons. The van der Waals surface area contributed by atoms with Crippen molar-refractivity contribution >= 4 is 42.7 Å². The lowest BCUT2D eigenvalue weighted by Crippen LogP contribution is -2.38. The lowest BCUT2D eigenvalue weighted by Gasteiger charge is -2.12. The van der Waals surface area contributed by atoms with Crippen LogP contribution in [0.4, 0.5) is 13.2 Å². The van der Waals surface area contributed by atoms with Gasteiger partial charge in [0.25, 0.3) is 5.56 Å². The summed E-state index contributed by atoms with van der Waals surface area (Å²) in [6, 6.07) is 4.83. The summed E-state index contributed by atoms with van der Waals surface area (Å²) in [5, 5.41) is 6.94. The minimum absolute atomic E-state index is 0.00658. The van der Waals surface area contributed by atoms with Crippen molar-refractivity contribution in [3.63, 3.8) is 0 Å². The molecule has 4 rings (SSSR count). The Morgan fingerprint density at radius 3 is 2.43 bits per heavy atom. The molecule has 0 N–H and O–H groups in total. The molecule has 0 spiro atoms. The SMILES string of the molecule is CC(C)Cn1c(=O)n(C)c(=O)c2c(S(=O)(=O)c3nncs3)c(Cc3ccccc3C(F)(F)F)sc21. The first-order valence-corrected chi connectivity index (χ1v) is 13.4. The van der Waals surface area contributed by atoms with Gasteiger partial charge in [0.05, 0.1) is 10.9 Å². The van der Waals surface area contributed by atoms with E-state index in [0.717, 1.165) is 33.3 Å². The van der Waals surface area contributed by atoms with Gasteiger partial charge in [0.15, 0.2) is 0 Å². The summed E-state index contributed by atoms with van der Waals surface area (Å²) >= 11 is 1.55. The quantitative estimate of drug-likeness (QED) is 0.367. The van der Waals surface area contributed by atoms with Crippen molar-refractivity contribution in [3.05, 3.63) is 66.6 Å². The van der Waals surface area contributed by atoms with E-state index in [4.69, 9.17) is 0 Å². The third-order valence-corrected chi connectivity index (χ3v) is 9.56. The molecule has 0 amide bonds. The zero-order valence-corrected chi connectivity index (χ0v) is 21.1. The molecule has 1 aromatic carbocycles. The summed E-state index contributed by atoms with van der Waals surface area (Å²) in [6.07, 6.45) is -5.08. The number of hydrogen-bond acceptors (Lipinski definition) is 8. The van der Waals surface area contributed by atoms with Crippen molar-refractivity contribution in [1.82, 2.24) is 19.3 Å². The van der Waals surface area contributed by atoms with Gasteiger partial charge in [-0.15, -0.1) is 21.5 Å². The highest BCUT2D eigenvalue weighted by Crippen LogP contribution is 2.40. The number of nitrogens with zero attached hydrogens (tertiary/aromatic N) is 4. The van der Waals surface area contributed by atoms with Crippen molar-refractivity contribution in [3.8, 4) is 0 Å². The van der Waals surface area contributed by atoms with Gasteiger partial charge in [-0.05, 0) is 17.5 Å². The average molecular weight is 545 g/mol. The number of alkyl halides is 3. The van der Waals surface area contributed by atoms with Crippen LogP contribution in [-0.2, 0) is 36.0 Å².